The standard InChI is InChI=1S/C15H17NO2S/c1-3-4-9-16-14(17)13(19-15(16)18)10-12-7-5-11(2)6-8-12/h5-8,10H,3-4,9H2,1-2H3/b13-10-. The molecule has 0 aliphatic carbocycles. The molecule has 2 amide bonds. The Morgan fingerprint density at radius 3 is 2.53 bits per heavy atom. The van der Waals surface area contributed by atoms with Gasteiger partial charge in [-0.3, -0.25) is 14.5 Å². The lowest BCUT2D eigenvalue weighted by atomic mass is 10.1. The monoisotopic (exact) mass is 275 g/mol. The zero-order chi connectivity index (χ0) is 13.8. The van der Waals surface area contributed by atoms with E-state index in [9.17, 15) is 9.59 Å². The Balaban J connectivity index is 2.16. The molecule has 1 heterocycles. The van der Waals surface area contributed by atoms with Crippen LogP contribution in [-0.2, 0) is 4.79 Å². The molecule has 0 radical (unpaired) electrons. The predicted molar refractivity (Wildman–Crippen MR) is 78.8 cm³/mol. The van der Waals surface area contributed by atoms with Gasteiger partial charge in [-0.25, -0.2) is 0 Å². The molecule has 0 N–H and O–H groups in total. The number of amides is 2. The number of hydrogen-bond donors (Lipinski definition) is 0. The fourth-order valence-electron chi connectivity index (χ4n) is 1.82. The summed E-state index contributed by atoms with van der Waals surface area (Å²) in [6.45, 7) is 4.58. The van der Waals surface area contributed by atoms with Gasteiger partial charge in [-0.1, -0.05) is 43.2 Å². The molecule has 0 spiro atoms. The molecule has 1 aromatic carbocycles. The molecule has 19 heavy (non-hydrogen) atoms. The van der Waals surface area contributed by atoms with Gasteiger partial charge in [0.1, 0.15) is 0 Å². The molecular formula is C15H17NO2S. The van der Waals surface area contributed by atoms with E-state index in [0.717, 1.165) is 30.2 Å². The maximum absolute atomic E-state index is 12.1. The molecule has 0 aromatic heterocycles. The quantitative estimate of drug-likeness (QED) is 0.784. The Bertz CT molecular complexity index is 519. The van der Waals surface area contributed by atoms with Crippen LogP contribution >= 0.6 is 11.8 Å². The highest BCUT2D eigenvalue weighted by Crippen LogP contribution is 2.32. The third kappa shape index (κ3) is 3.26. The molecule has 2 rings (SSSR count). The number of rotatable bonds is 4. The predicted octanol–water partition coefficient (Wildman–Crippen LogP) is 3.83. The fraction of sp³-hybridized carbons (Fsp3) is 0.333. The molecule has 1 aliphatic rings. The largest absolute Gasteiger partial charge is 0.293 e. The molecule has 0 bridgehead atoms. The van der Waals surface area contributed by atoms with E-state index in [4.69, 9.17) is 0 Å². The molecule has 4 heteroatoms. The van der Waals surface area contributed by atoms with Gasteiger partial charge in [0.25, 0.3) is 11.1 Å². The minimum absolute atomic E-state index is 0.156. The normalized spacial score (nSPS) is 17.6. The zero-order valence-corrected chi connectivity index (χ0v) is 12.0. The molecular weight excluding hydrogens is 258 g/mol. The van der Waals surface area contributed by atoms with Crippen LogP contribution in [0.5, 0.6) is 0 Å². The van der Waals surface area contributed by atoms with Crippen LogP contribution in [0.2, 0.25) is 0 Å². The highest BCUT2D eigenvalue weighted by atomic mass is 32.2. The van der Waals surface area contributed by atoms with Crippen LogP contribution in [0, 0.1) is 6.92 Å². The van der Waals surface area contributed by atoms with E-state index in [0.29, 0.717) is 11.4 Å². The summed E-state index contributed by atoms with van der Waals surface area (Å²) in [5.41, 5.74) is 2.12. The van der Waals surface area contributed by atoms with Crippen molar-refractivity contribution < 1.29 is 9.59 Å². The minimum atomic E-state index is -0.163. The highest BCUT2D eigenvalue weighted by Gasteiger charge is 2.34. The van der Waals surface area contributed by atoms with Crippen molar-refractivity contribution in [3.63, 3.8) is 0 Å². The Hall–Kier alpha value is -1.55. The van der Waals surface area contributed by atoms with Crippen molar-refractivity contribution >= 4 is 29.0 Å². The topological polar surface area (TPSA) is 37.4 Å². The van der Waals surface area contributed by atoms with E-state index in [1.165, 1.54) is 10.5 Å². The molecule has 1 aliphatic heterocycles. The first kappa shape index (κ1) is 13.9. The molecule has 1 saturated heterocycles. The number of aryl methyl sites for hydroxylation is 1. The Morgan fingerprint density at radius 1 is 1.21 bits per heavy atom. The van der Waals surface area contributed by atoms with Gasteiger partial charge in [-0.15, -0.1) is 0 Å². The molecule has 0 saturated carbocycles. The molecule has 3 nitrogen and oxygen atoms in total. The average Bonchev–Trinajstić information content (AvgIpc) is 2.65. The van der Waals surface area contributed by atoms with Crippen molar-refractivity contribution in [1.82, 2.24) is 4.90 Å². The number of carbonyl (C=O) groups is 2. The van der Waals surface area contributed by atoms with Gasteiger partial charge in [0.2, 0.25) is 0 Å². The minimum Gasteiger partial charge on any atom is -0.268 e. The third-order valence-electron chi connectivity index (χ3n) is 2.98. The van der Waals surface area contributed by atoms with Crippen LogP contribution in [0.25, 0.3) is 6.08 Å². The van der Waals surface area contributed by atoms with E-state index in [2.05, 4.69) is 0 Å². The molecule has 0 atom stereocenters. The highest BCUT2D eigenvalue weighted by molar-refractivity contribution is 8.18. The SMILES string of the molecule is CCCCN1C(=O)S/C(=C\c2ccc(C)cc2)C1=O. The van der Waals surface area contributed by atoms with Crippen LogP contribution in [0.4, 0.5) is 4.79 Å². The van der Waals surface area contributed by atoms with Crippen molar-refractivity contribution in [2.24, 2.45) is 0 Å². The van der Waals surface area contributed by atoms with Crippen LogP contribution in [0.3, 0.4) is 0 Å². The van der Waals surface area contributed by atoms with Crippen molar-refractivity contribution in [2.45, 2.75) is 26.7 Å². The van der Waals surface area contributed by atoms with Crippen molar-refractivity contribution in [2.75, 3.05) is 6.54 Å². The average molecular weight is 275 g/mol. The maximum atomic E-state index is 12.1. The Kier molecular flexibility index (Phi) is 4.43. The summed E-state index contributed by atoms with van der Waals surface area (Å²) in [6.07, 6.45) is 3.62. The van der Waals surface area contributed by atoms with Crippen molar-refractivity contribution in [3.8, 4) is 0 Å². The first-order valence-electron chi connectivity index (χ1n) is 6.44. The molecule has 1 fully saturated rings. The first-order chi connectivity index (χ1) is 9.11. The third-order valence-corrected chi connectivity index (χ3v) is 3.89. The summed E-state index contributed by atoms with van der Waals surface area (Å²) < 4.78 is 0. The molecule has 100 valence electrons. The molecule has 0 unspecified atom stereocenters. The second-order valence-corrected chi connectivity index (χ2v) is 5.59. The van der Waals surface area contributed by atoms with Crippen LogP contribution in [0.15, 0.2) is 29.2 Å². The maximum Gasteiger partial charge on any atom is 0.293 e. The number of carbonyl (C=O) groups excluding carboxylic acids is 2. The van der Waals surface area contributed by atoms with E-state index < -0.39 is 0 Å². The summed E-state index contributed by atoms with van der Waals surface area (Å²) in [5.74, 6) is -0.163. The van der Waals surface area contributed by atoms with Crippen LogP contribution in [-0.4, -0.2) is 22.6 Å². The smallest absolute Gasteiger partial charge is 0.268 e. The summed E-state index contributed by atoms with van der Waals surface area (Å²) in [5, 5.41) is -0.156. The van der Waals surface area contributed by atoms with Crippen molar-refractivity contribution in [3.05, 3.63) is 40.3 Å². The van der Waals surface area contributed by atoms with Crippen LogP contribution < -0.4 is 0 Å². The number of nitrogens with zero attached hydrogens (tertiary/aromatic N) is 1. The van der Waals surface area contributed by atoms with Gasteiger partial charge in [0.05, 0.1) is 4.91 Å². The number of unbranched alkanes of at least 4 members (excludes halogenated alkanes) is 1. The van der Waals surface area contributed by atoms with Crippen LogP contribution in [0.1, 0.15) is 30.9 Å². The van der Waals surface area contributed by atoms with Gasteiger partial charge in [-0.2, -0.15) is 0 Å². The summed E-state index contributed by atoms with van der Waals surface area (Å²) in [6, 6.07) is 7.89. The number of benzene rings is 1. The summed E-state index contributed by atoms with van der Waals surface area (Å²) in [4.78, 5) is 25.7. The number of hydrogen-bond acceptors (Lipinski definition) is 3. The lowest BCUT2D eigenvalue weighted by Gasteiger charge is -2.10. The van der Waals surface area contributed by atoms with E-state index in [1.807, 2.05) is 38.1 Å². The van der Waals surface area contributed by atoms with Crippen molar-refractivity contribution in [1.29, 1.82) is 0 Å². The van der Waals surface area contributed by atoms with E-state index in [-0.39, 0.29) is 11.1 Å². The van der Waals surface area contributed by atoms with Gasteiger partial charge in [0.15, 0.2) is 0 Å². The van der Waals surface area contributed by atoms with E-state index >= 15 is 0 Å². The van der Waals surface area contributed by atoms with Gasteiger partial charge >= 0.3 is 0 Å². The second-order valence-electron chi connectivity index (χ2n) is 4.60. The molecule has 1 aromatic rings. The Morgan fingerprint density at radius 2 is 1.89 bits per heavy atom. The summed E-state index contributed by atoms with van der Waals surface area (Å²) >= 11 is 1.03. The second kappa shape index (κ2) is 6.06. The zero-order valence-electron chi connectivity index (χ0n) is 11.2. The first-order valence-corrected chi connectivity index (χ1v) is 7.25. The Labute approximate surface area is 117 Å². The number of imide groups is 1. The summed E-state index contributed by atoms with van der Waals surface area (Å²) in [7, 11) is 0. The number of thioether (sulfide) groups is 1. The lowest BCUT2D eigenvalue weighted by Crippen LogP contribution is -2.29. The van der Waals surface area contributed by atoms with E-state index in [1.54, 1.807) is 6.08 Å². The van der Waals surface area contributed by atoms with Gasteiger partial charge < -0.3 is 0 Å². The van der Waals surface area contributed by atoms with Gasteiger partial charge in [-0.05, 0) is 36.7 Å². The lowest BCUT2D eigenvalue weighted by molar-refractivity contribution is -0.122. The van der Waals surface area contributed by atoms with Gasteiger partial charge in [0, 0.05) is 6.54 Å². The fourth-order valence-corrected chi connectivity index (χ4v) is 2.69.